The molecular formula is C18H21N3O3S. The third-order valence-corrected chi connectivity index (χ3v) is 4.76. The summed E-state index contributed by atoms with van der Waals surface area (Å²) in [6.07, 6.45) is 6.86. The number of aliphatic carboxylic acids is 1. The number of hydrogen-bond acceptors (Lipinski definition) is 4. The molecule has 0 unspecified atom stereocenters. The maximum absolute atomic E-state index is 10.7. The van der Waals surface area contributed by atoms with Crippen LogP contribution in [-0.2, 0) is 4.79 Å². The predicted molar refractivity (Wildman–Crippen MR) is 99.8 cm³/mol. The molecule has 2 aliphatic carbocycles. The van der Waals surface area contributed by atoms with Crippen molar-refractivity contribution in [3.05, 3.63) is 42.0 Å². The molecule has 132 valence electrons. The second-order valence-corrected chi connectivity index (χ2v) is 6.76. The van der Waals surface area contributed by atoms with Crippen LogP contribution in [0.15, 0.2) is 41.5 Å². The van der Waals surface area contributed by atoms with Gasteiger partial charge in [0.1, 0.15) is 5.75 Å². The highest BCUT2D eigenvalue weighted by atomic mass is 32.1. The molecule has 2 bridgehead atoms. The number of nitrogens with zero attached hydrogens (tertiary/aromatic N) is 1. The van der Waals surface area contributed by atoms with Crippen molar-refractivity contribution in [1.29, 1.82) is 0 Å². The number of carboxylic acid groups (broad SMARTS) is 1. The first kappa shape index (κ1) is 17.4. The third-order valence-electron chi connectivity index (χ3n) is 4.55. The van der Waals surface area contributed by atoms with Gasteiger partial charge in [-0.2, -0.15) is 5.10 Å². The van der Waals surface area contributed by atoms with Gasteiger partial charge in [0.2, 0.25) is 0 Å². The summed E-state index contributed by atoms with van der Waals surface area (Å²) in [5, 5.41) is 16.9. The molecule has 0 amide bonds. The Labute approximate surface area is 152 Å². The maximum atomic E-state index is 10.7. The van der Waals surface area contributed by atoms with E-state index in [1.165, 1.54) is 6.42 Å². The lowest BCUT2D eigenvalue weighted by Crippen LogP contribution is -2.42. The Balaban J connectivity index is 1.58. The molecule has 1 fully saturated rings. The van der Waals surface area contributed by atoms with Crippen molar-refractivity contribution in [3.63, 3.8) is 0 Å². The molecule has 1 aromatic rings. The molecule has 7 heteroatoms. The summed E-state index contributed by atoms with van der Waals surface area (Å²) in [4.78, 5) is 10.7. The number of rotatable bonds is 6. The van der Waals surface area contributed by atoms with Crippen LogP contribution in [0.1, 0.15) is 25.3 Å². The van der Waals surface area contributed by atoms with Gasteiger partial charge in [-0.3, -0.25) is 5.43 Å². The van der Waals surface area contributed by atoms with E-state index in [1.54, 1.807) is 12.1 Å². The van der Waals surface area contributed by atoms with E-state index in [9.17, 15) is 4.79 Å². The molecule has 0 heterocycles. The van der Waals surface area contributed by atoms with Gasteiger partial charge >= 0.3 is 5.97 Å². The van der Waals surface area contributed by atoms with Gasteiger partial charge in [-0.15, -0.1) is 0 Å². The molecule has 1 saturated carbocycles. The minimum atomic E-state index is -1.02. The average Bonchev–Trinajstić information content (AvgIpc) is 3.21. The highest BCUT2D eigenvalue weighted by molar-refractivity contribution is 7.80. The van der Waals surface area contributed by atoms with Crippen LogP contribution in [0.2, 0.25) is 0 Å². The monoisotopic (exact) mass is 359 g/mol. The number of nitrogens with one attached hydrogen (secondary N) is 2. The summed E-state index contributed by atoms with van der Waals surface area (Å²) in [5.41, 5.74) is 4.26. The molecule has 25 heavy (non-hydrogen) atoms. The van der Waals surface area contributed by atoms with E-state index in [4.69, 9.17) is 22.1 Å². The van der Waals surface area contributed by atoms with Crippen LogP contribution in [0.4, 0.5) is 0 Å². The van der Waals surface area contributed by atoms with E-state index >= 15 is 0 Å². The number of benzene rings is 1. The number of hydrazone groups is 1. The second-order valence-electron chi connectivity index (χ2n) is 6.35. The summed E-state index contributed by atoms with van der Waals surface area (Å²) < 4.78 is 5.30. The van der Waals surface area contributed by atoms with Crippen LogP contribution in [0, 0.1) is 11.8 Å². The fourth-order valence-corrected chi connectivity index (χ4v) is 3.57. The van der Waals surface area contributed by atoms with Gasteiger partial charge in [0.15, 0.2) is 11.7 Å². The molecule has 0 saturated heterocycles. The number of carboxylic acids is 1. The van der Waals surface area contributed by atoms with Crippen LogP contribution < -0.4 is 15.5 Å². The number of ether oxygens (including phenoxy) is 1. The zero-order valence-electron chi connectivity index (χ0n) is 13.9. The summed E-state index contributed by atoms with van der Waals surface area (Å²) in [6.45, 7) is 1.42. The van der Waals surface area contributed by atoms with E-state index in [2.05, 4.69) is 28.0 Å². The van der Waals surface area contributed by atoms with Crippen LogP contribution >= 0.6 is 12.2 Å². The van der Waals surface area contributed by atoms with Crippen molar-refractivity contribution in [2.45, 2.75) is 25.8 Å². The largest absolute Gasteiger partial charge is 0.481 e. The lowest BCUT2D eigenvalue weighted by atomic mass is 10.0. The van der Waals surface area contributed by atoms with Gasteiger partial charge < -0.3 is 15.2 Å². The standard InChI is InChI=1S/C18H21N3O3S/c1-11(14-4-2-3-5-16(14)24-10-17(22)23)20-21-18(25)19-15-9-12-6-7-13(15)8-12/h2-7,12-13,15H,8-10H2,1H3,(H,22,23)(H2,19,21,25)/b20-11-/t12-,13-,15+/m1/s1. The fourth-order valence-electron chi connectivity index (χ4n) is 3.37. The quantitative estimate of drug-likeness (QED) is 0.313. The van der Waals surface area contributed by atoms with E-state index in [1.807, 2.05) is 19.1 Å². The van der Waals surface area contributed by atoms with Gasteiger partial charge in [0, 0.05) is 11.6 Å². The molecule has 3 atom stereocenters. The summed E-state index contributed by atoms with van der Waals surface area (Å²) in [5.74, 6) is 0.687. The first-order valence-electron chi connectivity index (χ1n) is 8.26. The van der Waals surface area contributed by atoms with E-state index in [-0.39, 0.29) is 0 Å². The van der Waals surface area contributed by atoms with Crippen LogP contribution in [-0.4, -0.2) is 34.5 Å². The second kappa shape index (κ2) is 7.65. The van der Waals surface area contributed by atoms with Crippen molar-refractivity contribution >= 4 is 29.0 Å². The summed E-state index contributed by atoms with van der Waals surface area (Å²) in [6, 6.07) is 7.55. The summed E-state index contributed by atoms with van der Waals surface area (Å²) in [7, 11) is 0. The molecule has 0 radical (unpaired) electrons. The third kappa shape index (κ3) is 4.36. The number of allylic oxidation sites excluding steroid dienone is 1. The summed E-state index contributed by atoms with van der Waals surface area (Å²) >= 11 is 5.33. The lowest BCUT2D eigenvalue weighted by molar-refractivity contribution is -0.139. The maximum Gasteiger partial charge on any atom is 0.341 e. The van der Waals surface area contributed by atoms with Gasteiger partial charge in [0.05, 0.1) is 5.71 Å². The normalized spacial score (nSPS) is 24.2. The van der Waals surface area contributed by atoms with E-state index in [0.717, 1.165) is 12.0 Å². The number of para-hydroxylation sites is 1. The molecule has 6 nitrogen and oxygen atoms in total. The van der Waals surface area contributed by atoms with Crippen LogP contribution in [0.5, 0.6) is 5.75 Å². The average molecular weight is 359 g/mol. The Morgan fingerprint density at radius 2 is 2.16 bits per heavy atom. The topological polar surface area (TPSA) is 83.0 Å². The SMILES string of the molecule is C/C(=N/NC(=S)N[C@H]1C[C@@H]2C=C[C@@H]1C2)c1ccccc1OCC(=O)O. The van der Waals surface area contributed by atoms with Crippen molar-refractivity contribution in [1.82, 2.24) is 10.7 Å². The van der Waals surface area contributed by atoms with Crippen LogP contribution in [0.3, 0.4) is 0 Å². The minimum absolute atomic E-state index is 0.372. The smallest absolute Gasteiger partial charge is 0.341 e. The Morgan fingerprint density at radius 1 is 1.36 bits per heavy atom. The molecule has 1 aromatic carbocycles. The molecule has 0 aliphatic heterocycles. The molecule has 3 N–H and O–H groups in total. The van der Waals surface area contributed by atoms with Gasteiger partial charge in [-0.25, -0.2) is 4.79 Å². The van der Waals surface area contributed by atoms with Crippen molar-refractivity contribution in [2.24, 2.45) is 16.9 Å². The zero-order valence-corrected chi connectivity index (χ0v) is 14.8. The number of thiocarbonyl (C=S) groups is 1. The van der Waals surface area contributed by atoms with Gasteiger partial charge in [-0.05, 0) is 56.0 Å². The molecule has 0 spiro atoms. The fraction of sp³-hybridized carbons (Fsp3) is 0.389. The zero-order chi connectivity index (χ0) is 17.8. The van der Waals surface area contributed by atoms with Gasteiger partial charge in [-0.1, -0.05) is 24.3 Å². The number of hydrogen-bond donors (Lipinski definition) is 3. The van der Waals surface area contributed by atoms with Crippen molar-refractivity contribution < 1.29 is 14.6 Å². The molecule has 2 aliphatic rings. The highest BCUT2D eigenvalue weighted by Crippen LogP contribution is 2.38. The van der Waals surface area contributed by atoms with E-state index in [0.29, 0.717) is 34.5 Å². The molecule has 3 rings (SSSR count). The Morgan fingerprint density at radius 3 is 2.84 bits per heavy atom. The minimum Gasteiger partial charge on any atom is -0.481 e. The highest BCUT2D eigenvalue weighted by Gasteiger charge is 2.35. The number of fused-ring (bicyclic) bond motifs is 2. The Bertz CT molecular complexity index is 732. The van der Waals surface area contributed by atoms with Crippen LogP contribution in [0.25, 0.3) is 0 Å². The van der Waals surface area contributed by atoms with Gasteiger partial charge in [0.25, 0.3) is 0 Å². The van der Waals surface area contributed by atoms with E-state index < -0.39 is 12.6 Å². The molecule has 0 aromatic heterocycles. The first-order valence-corrected chi connectivity index (χ1v) is 8.67. The first-order chi connectivity index (χ1) is 12.0. The Hall–Kier alpha value is -2.41. The molecular weight excluding hydrogens is 338 g/mol. The predicted octanol–water partition coefficient (Wildman–Crippen LogP) is 2.30. The van der Waals surface area contributed by atoms with Crippen molar-refractivity contribution in [3.8, 4) is 5.75 Å². The number of carbonyl (C=O) groups is 1. The lowest BCUT2D eigenvalue weighted by Gasteiger charge is -2.21. The van der Waals surface area contributed by atoms with Crippen molar-refractivity contribution in [2.75, 3.05) is 6.61 Å². The Kier molecular flexibility index (Phi) is 5.33.